The number of carbonyl (C=O) groups is 2. The molecule has 5 heteroatoms. The molecular weight excluding hydrogens is 292 g/mol. The van der Waals surface area contributed by atoms with Gasteiger partial charge in [-0.3, -0.25) is 9.59 Å². The number of aryl methyl sites for hydroxylation is 2. The van der Waals surface area contributed by atoms with E-state index in [-0.39, 0.29) is 11.8 Å². The van der Waals surface area contributed by atoms with Gasteiger partial charge in [-0.05, 0) is 44.7 Å². The third kappa shape index (κ3) is 5.06. The highest BCUT2D eigenvalue weighted by atomic mass is 16.5. The summed E-state index contributed by atoms with van der Waals surface area (Å²) in [6.07, 6.45) is 1.54. The van der Waals surface area contributed by atoms with Crippen molar-refractivity contribution in [3.8, 4) is 0 Å². The topological polar surface area (TPSA) is 67.4 Å². The van der Waals surface area contributed by atoms with Crippen molar-refractivity contribution in [3.05, 3.63) is 29.3 Å². The first-order chi connectivity index (χ1) is 10.8. The Balaban J connectivity index is 2.77. The van der Waals surface area contributed by atoms with Gasteiger partial charge < -0.3 is 15.4 Å². The van der Waals surface area contributed by atoms with Crippen LogP contribution < -0.4 is 10.6 Å². The van der Waals surface area contributed by atoms with Gasteiger partial charge in [0.1, 0.15) is 5.41 Å². The molecule has 23 heavy (non-hydrogen) atoms. The Kier molecular flexibility index (Phi) is 7.23. The molecule has 1 aromatic rings. The summed E-state index contributed by atoms with van der Waals surface area (Å²) in [5.41, 5.74) is 1.73. The minimum atomic E-state index is -1.14. The van der Waals surface area contributed by atoms with E-state index in [1.165, 1.54) is 0 Å². The van der Waals surface area contributed by atoms with E-state index in [0.29, 0.717) is 13.2 Å². The summed E-state index contributed by atoms with van der Waals surface area (Å²) in [4.78, 5) is 24.9. The first-order valence-electron chi connectivity index (χ1n) is 8.01. The maximum absolute atomic E-state index is 12.6. The third-order valence-electron chi connectivity index (χ3n) is 3.92. The molecule has 0 aliphatic rings. The molecule has 0 unspecified atom stereocenters. The number of hydrogen-bond donors (Lipinski definition) is 2. The lowest BCUT2D eigenvalue weighted by Gasteiger charge is -2.24. The molecule has 128 valence electrons. The number of ether oxygens (including phenoxy) is 1. The second-order valence-corrected chi connectivity index (χ2v) is 6.14. The summed E-state index contributed by atoms with van der Waals surface area (Å²) < 4.78 is 4.94. The Morgan fingerprint density at radius 3 is 2.52 bits per heavy atom. The monoisotopic (exact) mass is 320 g/mol. The fourth-order valence-corrected chi connectivity index (χ4v) is 2.21. The van der Waals surface area contributed by atoms with Gasteiger partial charge in [0.15, 0.2) is 0 Å². The van der Waals surface area contributed by atoms with Crippen LogP contribution in [0.1, 0.15) is 38.3 Å². The van der Waals surface area contributed by atoms with E-state index in [0.717, 1.165) is 29.7 Å². The average Bonchev–Trinajstić information content (AvgIpc) is 2.52. The summed E-state index contributed by atoms with van der Waals surface area (Å²) in [5, 5.41) is 5.72. The fraction of sp³-hybridized carbons (Fsp3) is 0.556. The molecule has 0 fully saturated rings. The molecule has 0 aliphatic heterocycles. The molecular formula is C18H28N2O3. The molecule has 0 saturated carbocycles. The molecule has 0 bridgehead atoms. The summed E-state index contributed by atoms with van der Waals surface area (Å²) in [5.74, 6) is -0.580. The van der Waals surface area contributed by atoms with Crippen LogP contribution in [0.3, 0.4) is 0 Å². The summed E-state index contributed by atoms with van der Waals surface area (Å²) in [6.45, 7) is 8.34. The Morgan fingerprint density at radius 1 is 1.22 bits per heavy atom. The lowest BCUT2D eigenvalue weighted by atomic mass is 9.90. The van der Waals surface area contributed by atoms with Crippen LogP contribution in [0.2, 0.25) is 0 Å². The first-order valence-corrected chi connectivity index (χ1v) is 8.01. The van der Waals surface area contributed by atoms with E-state index >= 15 is 0 Å². The molecule has 0 spiro atoms. The van der Waals surface area contributed by atoms with E-state index in [1.54, 1.807) is 21.0 Å². The number of anilines is 1. The van der Waals surface area contributed by atoms with Gasteiger partial charge in [-0.2, -0.15) is 0 Å². The summed E-state index contributed by atoms with van der Waals surface area (Å²) in [6, 6.07) is 5.91. The lowest BCUT2D eigenvalue weighted by molar-refractivity contribution is -0.138. The molecule has 5 nitrogen and oxygen atoms in total. The molecule has 0 atom stereocenters. The molecule has 2 amide bonds. The Hall–Kier alpha value is -1.88. The summed E-state index contributed by atoms with van der Waals surface area (Å²) in [7, 11) is 1.62. The number of para-hydroxylation sites is 1. The Morgan fingerprint density at radius 2 is 1.91 bits per heavy atom. The van der Waals surface area contributed by atoms with Crippen molar-refractivity contribution in [2.24, 2.45) is 5.41 Å². The zero-order chi connectivity index (χ0) is 17.5. The van der Waals surface area contributed by atoms with Crippen LogP contribution in [0.25, 0.3) is 0 Å². The largest absolute Gasteiger partial charge is 0.385 e. The van der Waals surface area contributed by atoms with Crippen molar-refractivity contribution >= 4 is 17.5 Å². The standard InChI is InChI=1S/C18H28N2O3/c1-6-14-10-7-9-13(2)15(14)20-17(22)18(3,4)16(21)19-11-8-12-23-5/h7,9-10H,6,8,11-12H2,1-5H3,(H,19,21)(H,20,22). The van der Waals surface area contributed by atoms with E-state index in [9.17, 15) is 9.59 Å². The number of hydrogen-bond acceptors (Lipinski definition) is 3. The highest BCUT2D eigenvalue weighted by Crippen LogP contribution is 2.25. The first kappa shape index (κ1) is 19.2. The van der Waals surface area contributed by atoms with Crippen molar-refractivity contribution in [2.75, 3.05) is 25.6 Å². The van der Waals surface area contributed by atoms with Crippen LogP contribution in [-0.2, 0) is 20.7 Å². The Labute approximate surface area is 138 Å². The van der Waals surface area contributed by atoms with Crippen molar-refractivity contribution in [2.45, 2.75) is 40.5 Å². The van der Waals surface area contributed by atoms with Crippen molar-refractivity contribution in [3.63, 3.8) is 0 Å². The molecule has 1 rings (SSSR count). The van der Waals surface area contributed by atoms with Gasteiger partial charge in [0.05, 0.1) is 0 Å². The molecule has 0 radical (unpaired) electrons. The Bertz CT molecular complexity index is 553. The fourth-order valence-electron chi connectivity index (χ4n) is 2.21. The van der Waals surface area contributed by atoms with E-state index < -0.39 is 5.41 Å². The van der Waals surface area contributed by atoms with Gasteiger partial charge in [-0.1, -0.05) is 25.1 Å². The zero-order valence-corrected chi connectivity index (χ0v) is 14.8. The second kappa shape index (κ2) is 8.67. The zero-order valence-electron chi connectivity index (χ0n) is 14.8. The number of methoxy groups -OCH3 is 1. The van der Waals surface area contributed by atoms with Crippen LogP contribution in [0.15, 0.2) is 18.2 Å². The van der Waals surface area contributed by atoms with Crippen LogP contribution in [-0.4, -0.2) is 32.1 Å². The highest BCUT2D eigenvalue weighted by Gasteiger charge is 2.36. The van der Waals surface area contributed by atoms with Gasteiger partial charge in [0.25, 0.3) is 0 Å². The smallest absolute Gasteiger partial charge is 0.239 e. The van der Waals surface area contributed by atoms with Crippen molar-refractivity contribution < 1.29 is 14.3 Å². The predicted octanol–water partition coefficient (Wildman–Crippen LogP) is 2.67. The van der Waals surface area contributed by atoms with Crippen LogP contribution in [0, 0.1) is 12.3 Å². The molecule has 1 aromatic carbocycles. The molecule has 0 aromatic heterocycles. The van der Waals surface area contributed by atoms with Gasteiger partial charge in [-0.25, -0.2) is 0 Å². The number of nitrogens with one attached hydrogen (secondary N) is 2. The SMILES string of the molecule is CCc1cccc(C)c1NC(=O)C(C)(C)C(=O)NCCCOC. The van der Waals surface area contributed by atoms with Gasteiger partial charge >= 0.3 is 0 Å². The molecule has 0 saturated heterocycles. The average molecular weight is 320 g/mol. The minimum absolute atomic E-state index is 0.280. The second-order valence-electron chi connectivity index (χ2n) is 6.14. The number of amides is 2. The molecule has 2 N–H and O–H groups in total. The third-order valence-corrected chi connectivity index (χ3v) is 3.92. The van der Waals surface area contributed by atoms with Gasteiger partial charge in [0.2, 0.25) is 11.8 Å². The molecule has 0 heterocycles. The maximum atomic E-state index is 12.6. The predicted molar refractivity (Wildman–Crippen MR) is 92.5 cm³/mol. The number of rotatable bonds is 8. The van der Waals surface area contributed by atoms with Gasteiger partial charge in [-0.15, -0.1) is 0 Å². The quantitative estimate of drug-likeness (QED) is 0.571. The van der Waals surface area contributed by atoms with Crippen molar-refractivity contribution in [1.29, 1.82) is 0 Å². The maximum Gasteiger partial charge on any atom is 0.239 e. The van der Waals surface area contributed by atoms with E-state index in [2.05, 4.69) is 10.6 Å². The van der Waals surface area contributed by atoms with E-state index in [4.69, 9.17) is 4.74 Å². The number of carbonyl (C=O) groups excluding carboxylic acids is 2. The van der Waals surface area contributed by atoms with Gasteiger partial charge in [0, 0.05) is 25.9 Å². The summed E-state index contributed by atoms with van der Waals surface area (Å²) >= 11 is 0. The highest BCUT2D eigenvalue weighted by molar-refractivity contribution is 6.10. The van der Waals surface area contributed by atoms with E-state index in [1.807, 2.05) is 32.0 Å². The number of benzene rings is 1. The minimum Gasteiger partial charge on any atom is -0.385 e. The van der Waals surface area contributed by atoms with Crippen LogP contribution >= 0.6 is 0 Å². The van der Waals surface area contributed by atoms with Crippen molar-refractivity contribution in [1.82, 2.24) is 5.32 Å². The van der Waals surface area contributed by atoms with Crippen LogP contribution in [0.5, 0.6) is 0 Å². The lowest BCUT2D eigenvalue weighted by Crippen LogP contribution is -2.45. The van der Waals surface area contributed by atoms with Crippen LogP contribution in [0.4, 0.5) is 5.69 Å². The molecule has 0 aliphatic carbocycles. The normalized spacial score (nSPS) is 11.2.